The van der Waals surface area contributed by atoms with Gasteiger partial charge in [-0.15, -0.1) is 0 Å². The van der Waals surface area contributed by atoms with Gasteiger partial charge in [0.2, 0.25) is 0 Å². The van der Waals surface area contributed by atoms with E-state index in [0.29, 0.717) is 0 Å². The average molecular weight is 312 g/mol. The molecule has 0 bridgehead atoms. The van der Waals surface area contributed by atoms with E-state index in [1.807, 2.05) is 6.92 Å². The highest BCUT2D eigenvalue weighted by Gasteiger charge is 2.33. The van der Waals surface area contributed by atoms with Gasteiger partial charge in [0.05, 0.1) is 5.57 Å². The van der Waals surface area contributed by atoms with Crippen molar-refractivity contribution in [1.29, 1.82) is 0 Å². The second kappa shape index (κ2) is 4.60. The van der Waals surface area contributed by atoms with E-state index >= 15 is 0 Å². The first-order valence-electron chi connectivity index (χ1n) is 4.32. The third-order valence-corrected chi connectivity index (χ3v) is 3.96. The third-order valence-electron chi connectivity index (χ3n) is 1.97. The topological polar surface area (TPSA) is 26.3 Å². The standard InChI is InChI=1S/C9H12Br2O2/c1-3-4-6(10)7-8(11)5(2)13-9(7)12/h5-6H,3-4H2,1-2H3. The van der Waals surface area contributed by atoms with Crippen LogP contribution in [0, 0.1) is 0 Å². The summed E-state index contributed by atoms with van der Waals surface area (Å²) in [7, 11) is 0. The Hall–Kier alpha value is 0.170. The van der Waals surface area contributed by atoms with Crippen LogP contribution in [0.3, 0.4) is 0 Å². The Morgan fingerprint density at radius 2 is 2.23 bits per heavy atom. The second-order valence-electron chi connectivity index (χ2n) is 3.07. The lowest BCUT2D eigenvalue weighted by Gasteiger charge is -2.06. The van der Waals surface area contributed by atoms with E-state index in [2.05, 4.69) is 38.8 Å². The Kier molecular flexibility index (Phi) is 3.98. The molecule has 0 fully saturated rings. The molecule has 0 saturated carbocycles. The van der Waals surface area contributed by atoms with Crippen LogP contribution in [-0.4, -0.2) is 16.9 Å². The molecule has 0 radical (unpaired) electrons. The van der Waals surface area contributed by atoms with Crippen LogP contribution in [0.25, 0.3) is 0 Å². The molecule has 0 aromatic rings. The minimum Gasteiger partial charge on any atom is -0.454 e. The molecule has 1 heterocycles. The van der Waals surface area contributed by atoms with Crippen LogP contribution in [0.15, 0.2) is 10.1 Å². The van der Waals surface area contributed by atoms with Gasteiger partial charge in [-0.2, -0.15) is 0 Å². The highest BCUT2D eigenvalue weighted by molar-refractivity contribution is 9.12. The molecule has 1 aliphatic rings. The van der Waals surface area contributed by atoms with Crippen molar-refractivity contribution in [2.75, 3.05) is 0 Å². The molecule has 0 N–H and O–H groups in total. The zero-order valence-corrected chi connectivity index (χ0v) is 10.8. The number of ether oxygens (including phenoxy) is 1. The van der Waals surface area contributed by atoms with Gasteiger partial charge in [-0.05, 0) is 13.3 Å². The van der Waals surface area contributed by atoms with Gasteiger partial charge in [-0.25, -0.2) is 4.79 Å². The van der Waals surface area contributed by atoms with Crippen molar-refractivity contribution >= 4 is 37.8 Å². The number of rotatable bonds is 3. The molecule has 4 heteroatoms. The van der Waals surface area contributed by atoms with Crippen molar-refractivity contribution in [3.8, 4) is 0 Å². The molecule has 0 amide bonds. The minimum atomic E-state index is -0.199. The molecule has 2 atom stereocenters. The highest BCUT2D eigenvalue weighted by atomic mass is 79.9. The highest BCUT2D eigenvalue weighted by Crippen LogP contribution is 2.33. The number of carbonyl (C=O) groups excluding carboxylic acids is 1. The molecule has 0 aromatic carbocycles. The van der Waals surface area contributed by atoms with Crippen LogP contribution >= 0.6 is 31.9 Å². The Morgan fingerprint density at radius 1 is 1.62 bits per heavy atom. The van der Waals surface area contributed by atoms with Gasteiger partial charge < -0.3 is 4.74 Å². The van der Waals surface area contributed by atoms with Crippen molar-refractivity contribution in [3.63, 3.8) is 0 Å². The van der Waals surface area contributed by atoms with Crippen molar-refractivity contribution in [2.45, 2.75) is 37.6 Å². The van der Waals surface area contributed by atoms with E-state index in [4.69, 9.17) is 4.74 Å². The quantitative estimate of drug-likeness (QED) is 0.591. The number of esters is 1. The monoisotopic (exact) mass is 310 g/mol. The molecule has 2 unspecified atom stereocenters. The molecule has 0 spiro atoms. The third kappa shape index (κ3) is 2.34. The van der Waals surface area contributed by atoms with Crippen molar-refractivity contribution in [3.05, 3.63) is 10.1 Å². The van der Waals surface area contributed by atoms with Crippen molar-refractivity contribution in [2.24, 2.45) is 0 Å². The smallest absolute Gasteiger partial charge is 0.336 e. The van der Waals surface area contributed by atoms with Crippen LogP contribution < -0.4 is 0 Å². The lowest BCUT2D eigenvalue weighted by atomic mass is 10.1. The van der Waals surface area contributed by atoms with E-state index < -0.39 is 0 Å². The van der Waals surface area contributed by atoms with Gasteiger partial charge in [-0.1, -0.05) is 45.2 Å². The summed E-state index contributed by atoms with van der Waals surface area (Å²) in [6.45, 7) is 3.95. The minimum absolute atomic E-state index is 0.115. The Balaban J connectivity index is 2.82. The maximum atomic E-state index is 11.4. The number of hydrogen-bond acceptors (Lipinski definition) is 2. The summed E-state index contributed by atoms with van der Waals surface area (Å²) in [5.74, 6) is -0.199. The first-order valence-corrected chi connectivity index (χ1v) is 6.03. The van der Waals surface area contributed by atoms with Crippen LogP contribution in [0.2, 0.25) is 0 Å². The zero-order chi connectivity index (χ0) is 10.0. The van der Waals surface area contributed by atoms with Crippen molar-refractivity contribution < 1.29 is 9.53 Å². The molecule has 13 heavy (non-hydrogen) atoms. The van der Waals surface area contributed by atoms with Gasteiger partial charge in [0.15, 0.2) is 0 Å². The summed E-state index contributed by atoms with van der Waals surface area (Å²) in [4.78, 5) is 11.5. The van der Waals surface area contributed by atoms with Gasteiger partial charge in [0.25, 0.3) is 0 Å². The number of hydrogen-bond donors (Lipinski definition) is 0. The fourth-order valence-electron chi connectivity index (χ4n) is 1.27. The van der Waals surface area contributed by atoms with E-state index in [-0.39, 0.29) is 16.9 Å². The molecule has 0 aliphatic carbocycles. The predicted molar refractivity (Wildman–Crippen MR) is 59.1 cm³/mol. The largest absolute Gasteiger partial charge is 0.454 e. The maximum Gasteiger partial charge on any atom is 0.336 e. The predicted octanol–water partition coefficient (Wildman–Crippen LogP) is 3.14. The first-order chi connectivity index (χ1) is 6.07. The van der Waals surface area contributed by atoms with E-state index in [0.717, 1.165) is 22.9 Å². The summed E-state index contributed by atoms with van der Waals surface area (Å²) in [5.41, 5.74) is 0.745. The van der Waals surface area contributed by atoms with Crippen LogP contribution in [0.4, 0.5) is 0 Å². The van der Waals surface area contributed by atoms with E-state index in [9.17, 15) is 4.79 Å². The fourth-order valence-corrected chi connectivity index (χ4v) is 3.00. The lowest BCUT2D eigenvalue weighted by Crippen LogP contribution is -2.10. The maximum absolute atomic E-state index is 11.4. The molecular weight excluding hydrogens is 300 g/mol. The first kappa shape index (κ1) is 11.2. The van der Waals surface area contributed by atoms with Crippen LogP contribution in [0.5, 0.6) is 0 Å². The summed E-state index contributed by atoms with van der Waals surface area (Å²) < 4.78 is 5.95. The van der Waals surface area contributed by atoms with Gasteiger partial charge in [-0.3, -0.25) is 0 Å². The Bertz CT molecular complexity index is 248. The Morgan fingerprint density at radius 3 is 2.62 bits per heavy atom. The normalized spacial score (nSPS) is 24.9. The molecular formula is C9H12Br2O2. The van der Waals surface area contributed by atoms with E-state index in [1.165, 1.54) is 0 Å². The summed E-state index contributed by atoms with van der Waals surface area (Å²) in [6, 6.07) is 0. The Labute approximate surface area is 95.0 Å². The fraction of sp³-hybridized carbons (Fsp3) is 0.667. The van der Waals surface area contributed by atoms with E-state index in [1.54, 1.807) is 0 Å². The van der Waals surface area contributed by atoms with Gasteiger partial charge in [0.1, 0.15) is 6.10 Å². The SMILES string of the molecule is CCCC(Br)C1=C(Br)C(C)OC1=O. The van der Waals surface area contributed by atoms with Crippen molar-refractivity contribution in [1.82, 2.24) is 0 Å². The molecule has 0 saturated heterocycles. The molecule has 2 nitrogen and oxygen atoms in total. The second-order valence-corrected chi connectivity index (χ2v) is 5.03. The molecule has 74 valence electrons. The van der Waals surface area contributed by atoms with Crippen LogP contribution in [0.1, 0.15) is 26.7 Å². The summed E-state index contributed by atoms with van der Waals surface area (Å²) in [5, 5.41) is 0. The molecule has 1 rings (SSSR count). The molecule has 0 aromatic heterocycles. The summed E-state index contributed by atoms with van der Waals surface area (Å²) in [6.07, 6.45) is 1.87. The van der Waals surface area contributed by atoms with Crippen LogP contribution in [-0.2, 0) is 9.53 Å². The average Bonchev–Trinajstić information content (AvgIpc) is 2.27. The molecule has 1 aliphatic heterocycles. The summed E-state index contributed by atoms with van der Waals surface area (Å²) >= 11 is 6.87. The van der Waals surface area contributed by atoms with Gasteiger partial charge in [0, 0.05) is 9.31 Å². The number of cyclic esters (lactones) is 1. The number of carbonyl (C=O) groups is 1. The number of halogens is 2. The van der Waals surface area contributed by atoms with Gasteiger partial charge >= 0.3 is 5.97 Å². The lowest BCUT2D eigenvalue weighted by molar-refractivity contribution is -0.139. The zero-order valence-electron chi connectivity index (χ0n) is 7.64. The number of alkyl halides is 1.